The fraction of sp³-hybridized carbons (Fsp3) is 0.276. The Hall–Kier alpha value is -4.38. The number of primary amides is 1. The molecule has 3 amide bonds. The zero-order valence-corrected chi connectivity index (χ0v) is 21.3. The summed E-state index contributed by atoms with van der Waals surface area (Å²) in [5.41, 5.74) is 7.40. The molecule has 0 aromatic heterocycles. The molecule has 8 nitrogen and oxygen atoms in total. The highest BCUT2D eigenvalue weighted by Gasteiger charge is 2.32. The molecule has 2 heterocycles. The van der Waals surface area contributed by atoms with Crippen molar-refractivity contribution in [2.24, 2.45) is 5.73 Å². The summed E-state index contributed by atoms with van der Waals surface area (Å²) < 4.78 is 49.0. The van der Waals surface area contributed by atoms with Crippen molar-refractivity contribution in [2.45, 2.75) is 31.8 Å². The summed E-state index contributed by atoms with van der Waals surface area (Å²) in [7, 11) is 0. The Morgan fingerprint density at radius 1 is 1.12 bits per heavy atom. The van der Waals surface area contributed by atoms with Crippen LogP contribution in [0.2, 0.25) is 0 Å². The lowest BCUT2D eigenvalue weighted by Crippen LogP contribution is -2.40. The quantitative estimate of drug-likeness (QED) is 0.424. The van der Waals surface area contributed by atoms with E-state index in [1.807, 2.05) is 0 Å². The van der Waals surface area contributed by atoms with Gasteiger partial charge in [0, 0.05) is 29.9 Å². The number of halogens is 3. The van der Waals surface area contributed by atoms with Gasteiger partial charge in [-0.2, -0.15) is 0 Å². The number of carbonyl (C=O) groups excluding carboxylic acids is 3. The highest BCUT2D eigenvalue weighted by Crippen LogP contribution is 2.35. The molecule has 5 rings (SSSR count). The summed E-state index contributed by atoms with van der Waals surface area (Å²) >= 11 is 0. The van der Waals surface area contributed by atoms with Crippen molar-refractivity contribution in [3.05, 3.63) is 77.4 Å². The number of hydrogen-bond acceptors (Lipinski definition) is 5. The molecule has 208 valence electrons. The molecule has 0 saturated carbocycles. The van der Waals surface area contributed by atoms with Crippen LogP contribution in [0.15, 0.2) is 60.7 Å². The zero-order chi connectivity index (χ0) is 28.6. The van der Waals surface area contributed by atoms with Crippen molar-refractivity contribution in [3.8, 4) is 16.9 Å². The molecule has 40 heavy (non-hydrogen) atoms. The smallest absolute Gasteiger partial charge is 0.406 e. The molecule has 3 N–H and O–H groups in total. The van der Waals surface area contributed by atoms with Crippen molar-refractivity contribution in [1.29, 1.82) is 0 Å². The van der Waals surface area contributed by atoms with Crippen LogP contribution in [0.4, 0.5) is 13.2 Å². The maximum Gasteiger partial charge on any atom is 0.573 e. The Kier molecular flexibility index (Phi) is 7.24. The number of benzene rings is 3. The number of nitrogens with two attached hydrogens (primary N) is 1. The van der Waals surface area contributed by atoms with Gasteiger partial charge in [-0.25, -0.2) is 0 Å². The number of nitrogens with one attached hydrogen (secondary N) is 1. The van der Waals surface area contributed by atoms with E-state index in [4.69, 9.17) is 10.5 Å². The van der Waals surface area contributed by atoms with E-state index >= 15 is 0 Å². The van der Waals surface area contributed by atoms with Crippen molar-refractivity contribution in [1.82, 2.24) is 10.2 Å². The van der Waals surface area contributed by atoms with Gasteiger partial charge in [0.25, 0.3) is 11.8 Å². The number of hydrogen-bond donors (Lipinski definition) is 2. The second kappa shape index (κ2) is 10.6. The number of nitrogens with zero attached hydrogens (tertiary/aromatic N) is 1. The Labute approximate surface area is 227 Å². The van der Waals surface area contributed by atoms with Crippen LogP contribution in [-0.4, -0.2) is 54.8 Å². The molecule has 2 aliphatic heterocycles. The van der Waals surface area contributed by atoms with Gasteiger partial charge in [-0.05, 0) is 70.6 Å². The predicted octanol–water partition coefficient (Wildman–Crippen LogP) is 4.31. The first kappa shape index (κ1) is 27.2. The molecule has 2 aliphatic rings. The van der Waals surface area contributed by atoms with Crippen molar-refractivity contribution >= 4 is 28.5 Å². The van der Waals surface area contributed by atoms with Crippen LogP contribution < -0.4 is 15.8 Å². The van der Waals surface area contributed by atoms with Gasteiger partial charge < -0.3 is 25.4 Å². The normalized spacial score (nSPS) is 17.0. The third-order valence-corrected chi connectivity index (χ3v) is 6.96. The van der Waals surface area contributed by atoms with E-state index in [0.717, 1.165) is 17.9 Å². The molecule has 1 fully saturated rings. The lowest BCUT2D eigenvalue weighted by atomic mass is 9.95. The molecule has 1 unspecified atom stereocenters. The molecular weight excluding hydrogens is 527 g/mol. The van der Waals surface area contributed by atoms with Crippen LogP contribution in [0.3, 0.4) is 0 Å². The number of fused-ring (bicyclic) bond motifs is 3. The molecule has 3 aromatic carbocycles. The van der Waals surface area contributed by atoms with Crippen molar-refractivity contribution in [3.63, 3.8) is 0 Å². The van der Waals surface area contributed by atoms with Crippen LogP contribution >= 0.6 is 0 Å². The monoisotopic (exact) mass is 553 g/mol. The van der Waals surface area contributed by atoms with Gasteiger partial charge >= 0.3 is 6.36 Å². The number of carbonyl (C=O) groups is 3. The summed E-state index contributed by atoms with van der Waals surface area (Å²) in [6, 6.07) is 12.3. The molecule has 0 radical (unpaired) electrons. The summed E-state index contributed by atoms with van der Waals surface area (Å²) in [6.45, 7) is 4.73. The lowest BCUT2D eigenvalue weighted by Gasteiger charge is -2.23. The van der Waals surface area contributed by atoms with Crippen LogP contribution in [0, 0.1) is 0 Å². The van der Waals surface area contributed by atoms with Gasteiger partial charge in [-0.15, -0.1) is 13.2 Å². The number of amides is 3. The molecule has 0 spiro atoms. The van der Waals surface area contributed by atoms with Gasteiger partial charge in [0.1, 0.15) is 5.75 Å². The third-order valence-electron chi connectivity index (χ3n) is 6.96. The molecule has 0 bridgehead atoms. The van der Waals surface area contributed by atoms with Crippen LogP contribution in [0.25, 0.3) is 21.9 Å². The molecule has 0 aliphatic carbocycles. The average molecular weight is 554 g/mol. The predicted molar refractivity (Wildman–Crippen MR) is 140 cm³/mol. The third kappa shape index (κ3) is 5.79. The SMILES string of the molecule is C=C(CN1Cc2c(ccc3ccc(-c4cc(OC(F)(F)F)cc(C(=O)NC5CCCOC5)c4)cc23)C1=O)C(N)=O. The van der Waals surface area contributed by atoms with Crippen molar-refractivity contribution in [2.75, 3.05) is 19.8 Å². The molecule has 1 saturated heterocycles. The van der Waals surface area contributed by atoms with E-state index in [1.165, 1.54) is 17.0 Å². The first-order valence-corrected chi connectivity index (χ1v) is 12.6. The van der Waals surface area contributed by atoms with E-state index in [1.54, 1.807) is 30.3 Å². The molecule has 11 heteroatoms. The maximum absolute atomic E-state index is 13.1. The van der Waals surface area contributed by atoms with E-state index < -0.39 is 23.9 Å². The first-order chi connectivity index (χ1) is 19.0. The first-order valence-electron chi connectivity index (χ1n) is 12.6. The Bertz CT molecular complexity index is 1530. The summed E-state index contributed by atoms with van der Waals surface area (Å²) in [5.74, 6) is -2.05. The highest BCUT2D eigenvalue weighted by atomic mass is 19.4. The van der Waals surface area contributed by atoms with E-state index in [9.17, 15) is 27.6 Å². The Balaban J connectivity index is 1.52. The Morgan fingerprint density at radius 2 is 1.90 bits per heavy atom. The summed E-state index contributed by atoms with van der Waals surface area (Å²) in [4.78, 5) is 38.9. The average Bonchev–Trinajstić information content (AvgIpc) is 3.23. The van der Waals surface area contributed by atoms with Crippen molar-refractivity contribution < 1.29 is 37.0 Å². The second-order valence-corrected chi connectivity index (χ2v) is 9.84. The molecule has 3 aromatic rings. The van der Waals surface area contributed by atoms with Gasteiger partial charge in [-0.1, -0.05) is 24.8 Å². The topological polar surface area (TPSA) is 111 Å². The number of alkyl halides is 3. The van der Waals surface area contributed by atoms with Gasteiger partial charge in [0.2, 0.25) is 5.91 Å². The highest BCUT2D eigenvalue weighted by molar-refractivity contribution is 6.06. The number of rotatable bonds is 7. The summed E-state index contributed by atoms with van der Waals surface area (Å²) in [6.07, 6.45) is -3.48. The largest absolute Gasteiger partial charge is 0.573 e. The minimum Gasteiger partial charge on any atom is -0.406 e. The van der Waals surface area contributed by atoms with E-state index in [-0.39, 0.29) is 36.2 Å². The van der Waals surface area contributed by atoms with Gasteiger partial charge in [0.15, 0.2) is 0 Å². The number of ether oxygens (including phenoxy) is 2. The summed E-state index contributed by atoms with van der Waals surface area (Å²) in [5, 5.41) is 4.34. The van der Waals surface area contributed by atoms with E-state index in [0.29, 0.717) is 47.3 Å². The molecular formula is C29H26F3N3O5. The Morgan fingerprint density at radius 3 is 2.60 bits per heavy atom. The van der Waals surface area contributed by atoms with Crippen LogP contribution in [-0.2, 0) is 16.1 Å². The molecule has 1 atom stereocenters. The fourth-order valence-corrected chi connectivity index (χ4v) is 5.01. The van der Waals surface area contributed by atoms with Crippen LogP contribution in [0.1, 0.15) is 39.1 Å². The standard InChI is InChI=1S/C29H26F3N3O5/c1-16(26(33)36)13-35-14-25-23(28(35)38)7-6-17-4-5-18(12-24(17)25)19-9-20(11-22(10-19)40-29(30,31)32)27(37)34-21-3-2-8-39-15-21/h4-7,9-12,21H,1-3,8,13-15H2,(H2,33,36)(H,34,37). The zero-order valence-electron chi connectivity index (χ0n) is 21.3. The van der Waals surface area contributed by atoms with Gasteiger partial charge in [-0.3, -0.25) is 14.4 Å². The lowest BCUT2D eigenvalue weighted by molar-refractivity contribution is -0.274. The van der Waals surface area contributed by atoms with Crippen LogP contribution in [0.5, 0.6) is 5.75 Å². The maximum atomic E-state index is 13.1. The second-order valence-electron chi connectivity index (χ2n) is 9.84. The van der Waals surface area contributed by atoms with Gasteiger partial charge in [0.05, 0.1) is 19.2 Å². The van der Waals surface area contributed by atoms with E-state index in [2.05, 4.69) is 16.6 Å². The fourth-order valence-electron chi connectivity index (χ4n) is 5.01. The minimum atomic E-state index is -4.95. The minimum absolute atomic E-state index is 0.00651.